The van der Waals surface area contributed by atoms with E-state index in [9.17, 15) is 13.2 Å². The van der Waals surface area contributed by atoms with Crippen LogP contribution in [0.3, 0.4) is 0 Å². The Morgan fingerprint density at radius 3 is 2.42 bits per heavy atom. The molecule has 128 valence electrons. The number of carbonyl (C=O) groups is 1. The largest absolute Gasteiger partial charge is 0.497 e. The number of benzene rings is 2. The molecule has 0 aromatic heterocycles. The maximum Gasteiger partial charge on any atom is 0.225 e. The smallest absolute Gasteiger partial charge is 0.225 e. The third-order valence-electron chi connectivity index (χ3n) is 3.20. The predicted molar refractivity (Wildman–Crippen MR) is 94.8 cm³/mol. The molecule has 0 aliphatic carbocycles. The van der Waals surface area contributed by atoms with Crippen LogP contribution in [0.5, 0.6) is 5.75 Å². The van der Waals surface area contributed by atoms with E-state index in [4.69, 9.17) is 27.9 Å². The highest BCUT2D eigenvalue weighted by Crippen LogP contribution is 2.26. The van der Waals surface area contributed by atoms with Crippen LogP contribution in [0.15, 0.2) is 47.4 Å². The van der Waals surface area contributed by atoms with Crippen molar-refractivity contribution in [1.82, 2.24) is 0 Å². The molecule has 2 aromatic carbocycles. The summed E-state index contributed by atoms with van der Waals surface area (Å²) in [6, 6.07) is 10.9. The predicted octanol–water partition coefficient (Wildman–Crippen LogP) is 3.80. The number of methoxy groups -OCH3 is 1. The van der Waals surface area contributed by atoms with Gasteiger partial charge in [0, 0.05) is 17.1 Å². The molecule has 0 saturated carbocycles. The highest BCUT2D eigenvalue weighted by Gasteiger charge is 2.20. The van der Waals surface area contributed by atoms with Crippen molar-refractivity contribution >= 4 is 44.6 Å². The Morgan fingerprint density at radius 2 is 1.79 bits per heavy atom. The Kier molecular flexibility index (Phi) is 6.10. The van der Waals surface area contributed by atoms with Gasteiger partial charge in [-0.15, -0.1) is 0 Å². The molecule has 5 nitrogen and oxygen atoms in total. The van der Waals surface area contributed by atoms with Crippen LogP contribution in [-0.4, -0.2) is 27.2 Å². The molecular formula is C16H15Cl2NO4S. The number of nitrogens with one attached hydrogen (secondary N) is 1. The van der Waals surface area contributed by atoms with Crippen molar-refractivity contribution in [2.24, 2.45) is 0 Å². The summed E-state index contributed by atoms with van der Waals surface area (Å²) in [5.41, 5.74) is 0.555. The maximum absolute atomic E-state index is 12.3. The molecule has 8 heteroatoms. The molecule has 0 aliphatic rings. The van der Waals surface area contributed by atoms with Crippen LogP contribution < -0.4 is 10.1 Å². The molecule has 0 atom stereocenters. The zero-order valence-electron chi connectivity index (χ0n) is 12.8. The van der Waals surface area contributed by atoms with Crippen LogP contribution in [-0.2, 0) is 14.6 Å². The van der Waals surface area contributed by atoms with Gasteiger partial charge in [-0.2, -0.15) is 0 Å². The van der Waals surface area contributed by atoms with Crippen LogP contribution in [0, 0.1) is 0 Å². The zero-order valence-corrected chi connectivity index (χ0v) is 15.1. The summed E-state index contributed by atoms with van der Waals surface area (Å²) in [5.74, 6) is -0.122. The first-order valence-electron chi connectivity index (χ1n) is 6.93. The number of halogens is 2. The molecule has 2 aromatic rings. The van der Waals surface area contributed by atoms with Crippen molar-refractivity contribution < 1.29 is 17.9 Å². The molecule has 1 amide bonds. The fourth-order valence-corrected chi connectivity index (χ4v) is 4.00. The van der Waals surface area contributed by atoms with E-state index < -0.39 is 15.7 Å². The van der Waals surface area contributed by atoms with Gasteiger partial charge in [0.05, 0.1) is 22.8 Å². The molecule has 2 rings (SSSR count). The highest BCUT2D eigenvalue weighted by atomic mass is 35.5. The Morgan fingerprint density at radius 1 is 1.12 bits per heavy atom. The topological polar surface area (TPSA) is 72.5 Å². The Labute approximate surface area is 150 Å². The van der Waals surface area contributed by atoms with E-state index in [1.165, 1.54) is 18.2 Å². The minimum absolute atomic E-state index is 0.0751. The number of hydrogen-bond acceptors (Lipinski definition) is 4. The standard InChI is InChI=1S/C16H15Cl2NO4S/c1-23-13-5-3-12(4-6-13)19-16(20)8-9-24(21,22)15-10-11(17)2-7-14(15)18/h2-7,10H,8-9H2,1H3,(H,19,20). The zero-order chi connectivity index (χ0) is 17.7. The van der Waals surface area contributed by atoms with Crippen LogP contribution in [0.2, 0.25) is 10.0 Å². The normalized spacial score (nSPS) is 11.1. The average molecular weight is 388 g/mol. The molecular weight excluding hydrogens is 373 g/mol. The van der Waals surface area contributed by atoms with Gasteiger partial charge < -0.3 is 10.1 Å². The monoisotopic (exact) mass is 387 g/mol. The van der Waals surface area contributed by atoms with Crippen molar-refractivity contribution in [3.8, 4) is 5.75 Å². The lowest BCUT2D eigenvalue weighted by molar-refractivity contribution is -0.115. The first-order chi connectivity index (χ1) is 11.3. The molecule has 0 aliphatic heterocycles. The number of anilines is 1. The van der Waals surface area contributed by atoms with Gasteiger partial charge in [0.25, 0.3) is 0 Å². The van der Waals surface area contributed by atoms with Crippen molar-refractivity contribution in [3.05, 3.63) is 52.5 Å². The molecule has 0 bridgehead atoms. The first-order valence-corrected chi connectivity index (χ1v) is 9.34. The van der Waals surface area contributed by atoms with Crippen LogP contribution >= 0.6 is 23.2 Å². The second-order valence-electron chi connectivity index (χ2n) is 4.92. The van der Waals surface area contributed by atoms with E-state index in [-0.39, 0.29) is 27.1 Å². The van der Waals surface area contributed by atoms with E-state index >= 15 is 0 Å². The molecule has 1 N–H and O–H groups in total. The van der Waals surface area contributed by atoms with Gasteiger partial charge in [0.1, 0.15) is 5.75 Å². The van der Waals surface area contributed by atoms with Gasteiger partial charge in [-0.25, -0.2) is 8.42 Å². The summed E-state index contributed by atoms with van der Waals surface area (Å²) in [6.07, 6.45) is -0.197. The Balaban J connectivity index is 2.00. The van der Waals surface area contributed by atoms with Crippen molar-refractivity contribution in [2.45, 2.75) is 11.3 Å². The van der Waals surface area contributed by atoms with E-state index in [1.807, 2.05) is 0 Å². The maximum atomic E-state index is 12.3. The lowest BCUT2D eigenvalue weighted by Gasteiger charge is -2.08. The molecule has 0 fully saturated rings. The van der Waals surface area contributed by atoms with Gasteiger partial charge in [-0.3, -0.25) is 4.79 Å². The lowest BCUT2D eigenvalue weighted by Crippen LogP contribution is -2.17. The van der Waals surface area contributed by atoms with Crippen LogP contribution in [0.25, 0.3) is 0 Å². The third-order valence-corrected chi connectivity index (χ3v) is 5.63. The molecule has 0 saturated heterocycles. The minimum Gasteiger partial charge on any atom is -0.497 e. The number of rotatable bonds is 6. The number of ether oxygens (including phenoxy) is 1. The SMILES string of the molecule is COc1ccc(NC(=O)CCS(=O)(=O)c2cc(Cl)ccc2Cl)cc1. The molecule has 0 unspecified atom stereocenters. The van der Waals surface area contributed by atoms with E-state index in [2.05, 4.69) is 5.32 Å². The highest BCUT2D eigenvalue weighted by molar-refractivity contribution is 7.91. The van der Waals surface area contributed by atoms with Crippen LogP contribution in [0.4, 0.5) is 5.69 Å². The van der Waals surface area contributed by atoms with E-state index in [0.717, 1.165) is 0 Å². The van der Waals surface area contributed by atoms with Crippen molar-refractivity contribution in [1.29, 1.82) is 0 Å². The van der Waals surface area contributed by atoms with Crippen molar-refractivity contribution in [3.63, 3.8) is 0 Å². The van der Waals surface area contributed by atoms with Gasteiger partial charge >= 0.3 is 0 Å². The van der Waals surface area contributed by atoms with Gasteiger partial charge in [-0.05, 0) is 42.5 Å². The molecule has 0 radical (unpaired) electrons. The number of sulfone groups is 1. The van der Waals surface area contributed by atoms with E-state index in [0.29, 0.717) is 11.4 Å². The fourth-order valence-electron chi connectivity index (χ4n) is 1.95. The first kappa shape index (κ1) is 18.6. The van der Waals surface area contributed by atoms with E-state index in [1.54, 1.807) is 31.4 Å². The quantitative estimate of drug-likeness (QED) is 0.817. The molecule has 0 spiro atoms. The summed E-state index contributed by atoms with van der Waals surface area (Å²) < 4.78 is 29.6. The van der Waals surface area contributed by atoms with Gasteiger partial charge in [0.15, 0.2) is 9.84 Å². The summed E-state index contributed by atoms with van der Waals surface area (Å²) in [6.45, 7) is 0. The number of hydrogen-bond donors (Lipinski definition) is 1. The summed E-state index contributed by atoms with van der Waals surface area (Å²) >= 11 is 11.7. The second-order valence-corrected chi connectivity index (χ2v) is 7.84. The summed E-state index contributed by atoms with van der Waals surface area (Å²) in [4.78, 5) is 11.9. The lowest BCUT2D eigenvalue weighted by atomic mass is 10.3. The number of amides is 1. The fraction of sp³-hybridized carbons (Fsp3) is 0.188. The van der Waals surface area contributed by atoms with Crippen molar-refractivity contribution in [2.75, 3.05) is 18.2 Å². The summed E-state index contributed by atoms with van der Waals surface area (Å²) in [5, 5.41) is 2.97. The van der Waals surface area contributed by atoms with Gasteiger partial charge in [-0.1, -0.05) is 23.2 Å². The van der Waals surface area contributed by atoms with Crippen LogP contribution in [0.1, 0.15) is 6.42 Å². The van der Waals surface area contributed by atoms with Gasteiger partial charge in [0.2, 0.25) is 5.91 Å². The second kappa shape index (κ2) is 7.88. The molecule has 0 heterocycles. The minimum atomic E-state index is -3.71. The Hall–Kier alpha value is -1.76. The summed E-state index contributed by atoms with van der Waals surface area (Å²) in [7, 11) is -2.17. The average Bonchev–Trinajstić information content (AvgIpc) is 2.56. The Bertz CT molecular complexity index is 836. The molecule has 24 heavy (non-hydrogen) atoms. The number of carbonyl (C=O) groups excluding carboxylic acids is 1. The third kappa shape index (κ3) is 4.87.